The lowest BCUT2D eigenvalue weighted by Gasteiger charge is -2.20. The summed E-state index contributed by atoms with van der Waals surface area (Å²) in [6.07, 6.45) is 86.0. The molecule has 0 radical (unpaired) electrons. The Morgan fingerprint density at radius 3 is 1.01 bits per heavy atom. The average molecular weight is 1080 g/mol. The molecule has 3 N–H and O–H groups in total. The molecule has 0 heterocycles. The smallest absolute Gasteiger partial charge is 0.305 e. The van der Waals surface area contributed by atoms with Crippen molar-refractivity contribution in [1.29, 1.82) is 0 Å². The van der Waals surface area contributed by atoms with E-state index in [-0.39, 0.29) is 18.5 Å². The highest BCUT2D eigenvalue weighted by Gasteiger charge is 2.18. The lowest BCUT2D eigenvalue weighted by molar-refractivity contribution is -0.143. The molecule has 6 nitrogen and oxygen atoms in total. The van der Waals surface area contributed by atoms with Gasteiger partial charge in [-0.1, -0.05) is 313 Å². The van der Waals surface area contributed by atoms with E-state index in [4.69, 9.17) is 4.74 Å². The topological polar surface area (TPSA) is 95.9 Å². The Bertz CT molecular complexity index is 1290. The van der Waals surface area contributed by atoms with Crippen LogP contribution in [0.3, 0.4) is 0 Å². The highest BCUT2D eigenvalue weighted by molar-refractivity contribution is 5.76. The van der Waals surface area contributed by atoms with E-state index in [1.807, 2.05) is 6.08 Å². The lowest BCUT2D eigenvalue weighted by atomic mass is 10.0. The van der Waals surface area contributed by atoms with Crippen molar-refractivity contribution in [2.45, 2.75) is 379 Å². The number of esters is 1. The molecule has 0 aliphatic rings. The van der Waals surface area contributed by atoms with Crippen molar-refractivity contribution in [3.63, 3.8) is 0 Å². The number of aliphatic hydroxyl groups is 2. The number of amides is 1. The number of allylic oxidation sites excluding steroid dienone is 7. The predicted octanol–water partition coefficient (Wildman–Crippen LogP) is 22.1. The third-order valence-electron chi connectivity index (χ3n) is 15.8. The Balaban J connectivity index is 3.47. The Labute approximate surface area is 480 Å². The van der Waals surface area contributed by atoms with Crippen molar-refractivity contribution in [2.75, 3.05) is 13.2 Å². The van der Waals surface area contributed by atoms with Gasteiger partial charge in [0.05, 0.1) is 25.4 Å². The first-order chi connectivity index (χ1) is 38.0. The van der Waals surface area contributed by atoms with Crippen molar-refractivity contribution in [3.05, 3.63) is 48.6 Å². The maximum Gasteiger partial charge on any atom is 0.305 e. The minimum atomic E-state index is -0.853. The first-order valence-corrected chi connectivity index (χ1v) is 34.4. The van der Waals surface area contributed by atoms with E-state index < -0.39 is 12.1 Å². The third-order valence-corrected chi connectivity index (χ3v) is 15.8. The summed E-state index contributed by atoms with van der Waals surface area (Å²) >= 11 is 0. The molecular weight excluding hydrogens is 947 g/mol. The molecule has 1 amide bonds. The van der Waals surface area contributed by atoms with E-state index >= 15 is 0 Å². The van der Waals surface area contributed by atoms with Crippen LogP contribution in [0.25, 0.3) is 0 Å². The second-order valence-corrected chi connectivity index (χ2v) is 23.5. The van der Waals surface area contributed by atoms with Gasteiger partial charge in [-0.05, 0) is 89.9 Å². The summed E-state index contributed by atoms with van der Waals surface area (Å²) in [5, 5.41) is 23.3. The molecule has 0 fully saturated rings. The quantitative estimate of drug-likeness (QED) is 0.0320. The average Bonchev–Trinajstić information content (AvgIpc) is 3.43. The highest BCUT2D eigenvalue weighted by atomic mass is 16.5. The molecule has 6 heteroatoms. The third kappa shape index (κ3) is 62.9. The molecule has 0 rings (SSSR count). The summed E-state index contributed by atoms with van der Waals surface area (Å²) in [7, 11) is 0. The number of carbonyl (C=O) groups excluding carboxylic acids is 2. The molecule has 2 atom stereocenters. The van der Waals surface area contributed by atoms with Crippen molar-refractivity contribution in [1.82, 2.24) is 5.32 Å². The molecule has 0 aromatic carbocycles. The Hall–Kier alpha value is -2.18. The molecule has 0 aromatic rings. The van der Waals surface area contributed by atoms with Crippen LogP contribution in [-0.2, 0) is 14.3 Å². The Kier molecular flexibility index (Phi) is 64.5. The fourth-order valence-electron chi connectivity index (χ4n) is 10.5. The van der Waals surface area contributed by atoms with E-state index in [2.05, 4.69) is 55.6 Å². The van der Waals surface area contributed by atoms with Crippen LogP contribution in [0.5, 0.6) is 0 Å². The molecule has 0 aromatic heterocycles. The minimum Gasteiger partial charge on any atom is -0.466 e. The standard InChI is InChI=1S/C71H133NO5/c1-3-5-7-9-11-13-15-17-19-21-22-23-24-25-26-29-32-35-39-43-47-51-55-59-63-69(74)68(67-73)72-70(75)64-60-56-52-48-44-40-36-33-30-27-28-31-34-38-42-46-50-54-58-62-66-77-71(76)65-61-57-53-49-45-41-37-20-18-16-14-12-10-8-6-4-2/h14,16,20,27,30,37,59,63,68-69,73-74H,3-13,15,17-19,21-26,28-29,31-36,38-58,60-62,64-67H2,1-2H3,(H,72,75)/b16-14-,30-27-,37-20-,63-59+. The van der Waals surface area contributed by atoms with Crippen molar-refractivity contribution in [2.24, 2.45) is 0 Å². The number of hydrogen-bond acceptors (Lipinski definition) is 5. The van der Waals surface area contributed by atoms with Crippen molar-refractivity contribution < 1.29 is 24.5 Å². The van der Waals surface area contributed by atoms with Crippen molar-refractivity contribution in [3.8, 4) is 0 Å². The summed E-state index contributed by atoms with van der Waals surface area (Å²) in [4.78, 5) is 24.6. The number of hydrogen-bond donors (Lipinski definition) is 3. The zero-order valence-corrected chi connectivity index (χ0v) is 51.7. The summed E-state index contributed by atoms with van der Waals surface area (Å²) in [6, 6.07) is -0.637. The number of carbonyl (C=O) groups is 2. The first-order valence-electron chi connectivity index (χ1n) is 34.4. The van der Waals surface area contributed by atoms with Crippen LogP contribution in [0.1, 0.15) is 367 Å². The highest BCUT2D eigenvalue weighted by Crippen LogP contribution is 2.18. The van der Waals surface area contributed by atoms with Crippen LogP contribution in [0.4, 0.5) is 0 Å². The van der Waals surface area contributed by atoms with Crippen LogP contribution in [0, 0.1) is 0 Å². The fourth-order valence-corrected chi connectivity index (χ4v) is 10.5. The second-order valence-electron chi connectivity index (χ2n) is 23.5. The molecule has 0 spiro atoms. The molecule has 0 saturated heterocycles. The zero-order valence-electron chi connectivity index (χ0n) is 51.7. The summed E-state index contributed by atoms with van der Waals surface area (Å²) in [5.74, 6) is -0.0816. The molecule has 2 unspecified atom stereocenters. The van der Waals surface area contributed by atoms with Gasteiger partial charge in [-0.15, -0.1) is 0 Å². The molecule has 0 aliphatic heterocycles. The van der Waals surface area contributed by atoms with Gasteiger partial charge in [-0.2, -0.15) is 0 Å². The summed E-state index contributed by atoms with van der Waals surface area (Å²) < 4.78 is 5.48. The maximum atomic E-state index is 12.5. The van der Waals surface area contributed by atoms with Gasteiger partial charge in [0.25, 0.3) is 0 Å². The SMILES string of the molecule is CCCCCC/C=C\C/C=C\CCCCCCCC(=O)OCCCCCCCCCCC/C=C\CCCCCCCCCC(=O)NC(CO)C(O)/C=C/CCCCCCCCCCCCCCCCCCCCCCCC. The van der Waals surface area contributed by atoms with Gasteiger partial charge in [0.15, 0.2) is 0 Å². The molecule has 0 aliphatic carbocycles. The van der Waals surface area contributed by atoms with Crippen LogP contribution < -0.4 is 5.32 Å². The van der Waals surface area contributed by atoms with Gasteiger partial charge in [0.2, 0.25) is 5.91 Å². The van der Waals surface area contributed by atoms with E-state index in [1.165, 1.54) is 283 Å². The van der Waals surface area contributed by atoms with Gasteiger partial charge in [0.1, 0.15) is 0 Å². The number of aliphatic hydroxyl groups excluding tert-OH is 2. The normalized spacial score (nSPS) is 12.8. The Morgan fingerprint density at radius 1 is 0.364 bits per heavy atom. The molecule has 452 valence electrons. The van der Waals surface area contributed by atoms with E-state index in [9.17, 15) is 19.8 Å². The summed E-state index contributed by atoms with van der Waals surface area (Å²) in [5.41, 5.74) is 0. The number of unbranched alkanes of at least 4 members (excludes halogenated alkanes) is 47. The van der Waals surface area contributed by atoms with Gasteiger partial charge >= 0.3 is 5.97 Å². The van der Waals surface area contributed by atoms with Gasteiger partial charge < -0.3 is 20.3 Å². The minimum absolute atomic E-state index is 0.00766. The molecular formula is C71H133NO5. The van der Waals surface area contributed by atoms with E-state index in [0.29, 0.717) is 19.4 Å². The van der Waals surface area contributed by atoms with E-state index in [1.54, 1.807) is 6.08 Å². The Morgan fingerprint density at radius 2 is 0.649 bits per heavy atom. The number of rotatable bonds is 64. The summed E-state index contributed by atoms with van der Waals surface area (Å²) in [6.45, 7) is 4.90. The predicted molar refractivity (Wildman–Crippen MR) is 338 cm³/mol. The van der Waals surface area contributed by atoms with Gasteiger partial charge in [-0.25, -0.2) is 0 Å². The largest absolute Gasteiger partial charge is 0.466 e. The second kappa shape index (κ2) is 66.3. The molecule has 77 heavy (non-hydrogen) atoms. The van der Waals surface area contributed by atoms with Crippen molar-refractivity contribution >= 4 is 11.9 Å². The fraction of sp³-hybridized carbons (Fsp3) is 0.859. The van der Waals surface area contributed by atoms with Crippen LogP contribution in [-0.4, -0.2) is 47.4 Å². The van der Waals surface area contributed by atoms with Gasteiger partial charge in [-0.3, -0.25) is 9.59 Å². The number of nitrogens with one attached hydrogen (secondary N) is 1. The van der Waals surface area contributed by atoms with E-state index in [0.717, 1.165) is 57.8 Å². The monoisotopic (exact) mass is 1080 g/mol. The molecule has 0 saturated carbocycles. The first kappa shape index (κ1) is 74.8. The van der Waals surface area contributed by atoms with Crippen LogP contribution in [0.2, 0.25) is 0 Å². The lowest BCUT2D eigenvalue weighted by Crippen LogP contribution is -2.45. The zero-order chi connectivity index (χ0) is 55.7. The van der Waals surface area contributed by atoms with Gasteiger partial charge in [0, 0.05) is 12.8 Å². The van der Waals surface area contributed by atoms with Crippen LogP contribution >= 0.6 is 0 Å². The maximum absolute atomic E-state index is 12.5. The van der Waals surface area contributed by atoms with Crippen LogP contribution in [0.15, 0.2) is 48.6 Å². The molecule has 0 bridgehead atoms. The number of ether oxygens (including phenoxy) is 1.